The summed E-state index contributed by atoms with van der Waals surface area (Å²) in [6.45, 7) is 3.49. The Bertz CT molecular complexity index is 1040. The molecule has 3 aromatic rings. The van der Waals surface area contributed by atoms with E-state index in [1.807, 2.05) is 13.1 Å². The Morgan fingerprint density at radius 1 is 1.09 bits per heavy atom. The first-order chi connectivity index (χ1) is 15.7. The average molecular weight is 456 g/mol. The Morgan fingerprint density at radius 3 is 2.66 bits per heavy atom. The predicted molar refractivity (Wildman–Crippen MR) is 125 cm³/mol. The van der Waals surface area contributed by atoms with E-state index in [0.29, 0.717) is 17.6 Å². The molecule has 0 radical (unpaired) electrons. The van der Waals surface area contributed by atoms with Gasteiger partial charge in [-0.15, -0.1) is 10.2 Å². The zero-order chi connectivity index (χ0) is 21.9. The quantitative estimate of drug-likeness (QED) is 0.504. The molecule has 1 saturated carbocycles. The molecule has 0 unspecified atom stereocenters. The molecule has 0 bridgehead atoms. The van der Waals surface area contributed by atoms with E-state index < -0.39 is 0 Å². The number of piperidine rings is 1. The van der Waals surface area contributed by atoms with E-state index in [1.54, 1.807) is 6.07 Å². The van der Waals surface area contributed by atoms with Crippen molar-refractivity contribution in [1.82, 2.24) is 20.7 Å². The van der Waals surface area contributed by atoms with Gasteiger partial charge in [-0.1, -0.05) is 16.8 Å². The molecular formula is C24H30ClN5O2. The number of hydrogen-bond acceptors (Lipinski definition) is 7. The van der Waals surface area contributed by atoms with Crippen LogP contribution in [0.4, 0.5) is 5.82 Å². The summed E-state index contributed by atoms with van der Waals surface area (Å²) >= 11 is 5.86. The maximum absolute atomic E-state index is 6.09. The summed E-state index contributed by atoms with van der Waals surface area (Å²) < 4.78 is 11.9. The molecule has 32 heavy (non-hydrogen) atoms. The fraction of sp³-hybridized carbons (Fsp3) is 0.542. The number of aromatic nitrogens is 3. The van der Waals surface area contributed by atoms with Gasteiger partial charge < -0.3 is 19.5 Å². The summed E-state index contributed by atoms with van der Waals surface area (Å²) in [7, 11) is 1.95. The molecule has 1 aliphatic carbocycles. The van der Waals surface area contributed by atoms with Crippen LogP contribution in [0.1, 0.15) is 43.4 Å². The van der Waals surface area contributed by atoms with E-state index in [0.717, 1.165) is 85.1 Å². The molecule has 1 N–H and O–H groups in total. The minimum atomic E-state index is 0.433. The molecule has 5 rings (SSSR count). The number of aryl methyl sites for hydroxylation is 1. The van der Waals surface area contributed by atoms with Crippen LogP contribution in [0.2, 0.25) is 5.15 Å². The topological polar surface area (TPSA) is 76.3 Å². The van der Waals surface area contributed by atoms with E-state index in [1.165, 1.54) is 12.8 Å². The van der Waals surface area contributed by atoms with Crippen LogP contribution in [0, 0.1) is 11.8 Å². The second kappa shape index (κ2) is 9.63. The van der Waals surface area contributed by atoms with Crippen LogP contribution in [0.25, 0.3) is 11.0 Å². The average Bonchev–Trinajstić information content (AvgIpc) is 3.56. The van der Waals surface area contributed by atoms with Crippen molar-refractivity contribution in [2.24, 2.45) is 11.8 Å². The summed E-state index contributed by atoms with van der Waals surface area (Å²) in [4.78, 5) is 2.29. The smallest absolute Gasteiger partial charge is 0.175 e. The maximum atomic E-state index is 6.09. The first kappa shape index (κ1) is 21.5. The van der Waals surface area contributed by atoms with Crippen molar-refractivity contribution in [3.63, 3.8) is 0 Å². The Hall–Kier alpha value is -2.38. The standard InChI is InChI=1S/C24H30ClN5O2/c1-26-14-19-21(31-15-17-2-3-17)7-5-18-20(29-32-24(18)19)6-4-16-10-12-30(13-11-16)23-9-8-22(25)27-28-23/h5,7-9,16-17,26H,2-4,6,10-15H2,1H3. The minimum absolute atomic E-state index is 0.433. The summed E-state index contributed by atoms with van der Waals surface area (Å²) in [5, 5.41) is 17.4. The third-order valence-corrected chi connectivity index (χ3v) is 6.85. The molecule has 1 saturated heterocycles. The van der Waals surface area contributed by atoms with Gasteiger partial charge in [-0.05, 0) is 81.7 Å². The second-order valence-corrected chi connectivity index (χ2v) is 9.40. The van der Waals surface area contributed by atoms with E-state index in [9.17, 15) is 0 Å². The van der Waals surface area contributed by atoms with Gasteiger partial charge in [-0.3, -0.25) is 0 Å². The number of halogens is 1. The fourth-order valence-electron chi connectivity index (χ4n) is 4.51. The minimum Gasteiger partial charge on any atom is -0.493 e. The van der Waals surface area contributed by atoms with Crippen molar-refractivity contribution in [1.29, 1.82) is 0 Å². The fourth-order valence-corrected chi connectivity index (χ4v) is 4.61. The SMILES string of the molecule is CNCc1c(OCC2CC2)ccc2c(CCC3CCN(c4ccc(Cl)nn4)CC3)noc12. The molecule has 2 aliphatic rings. The first-order valence-corrected chi connectivity index (χ1v) is 12.0. The van der Waals surface area contributed by atoms with E-state index in [2.05, 4.69) is 37.7 Å². The molecule has 3 heterocycles. The number of ether oxygens (including phenoxy) is 1. The molecule has 0 atom stereocenters. The zero-order valence-electron chi connectivity index (χ0n) is 18.5. The van der Waals surface area contributed by atoms with Crippen LogP contribution in [-0.4, -0.2) is 42.1 Å². The Kier molecular flexibility index (Phi) is 6.46. The van der Waals surface area contributed by atoms with Gasteiger partial charge in [-0.25, -0.2) is 0 Å². The second-order valence-electron chi connectivity index (χ2n) is 9.02. The van der Waals surface area contributed by atoms with Crippen LogP contribution in [0.5, 0.6) is 5.75 Å². The molecular weight excluding hydrogens is 426 g/mol. The van der Waals surface area contributed by atoms with Crippen LogP contribution in [0.3, 0.4) is 0 Å². The monoisotopic (exact) mass is 455 g/mol. The number of rotatable bonds is 9. The van der Waals surface area contributed by atoms with Gasteiger partial charge >= 0.3 is 0 Å². The number of nitrogens with zero attached hydrogens (tertiary/aromatic N) is 4. The van der Waals surface area contributed by atoms with Crippen molar-refractivity contribution in [3.8, 4) is 5.75 Å². The van der Waals surface area contributed by atoms with Crippen LogP contribution in [-0.2, 0) is 13.0 Å². The van der Waals surface area contributed by atoms with Gasteiger partial charge in [0.25, 0.3) is 0 Å². The van der Waals surface area contributed by atoms with Crippen molar-refractivity contribution >= 4 is 28.4 Å². The van der Waals surface area contributed by atoms with E-state index in [-0.39, 0.29) is 0 Å². The van der Waals surface area contributed by atoms with Crippen LogP contribution in [0.15, 0.2) is 28.8 Å². The van der Waals surface area contributed by atoms with Gasteiger partial charge in [0.1, 0.15) is 5.75 Å². The lowest BCUT2D eigenvalue weighted by molar-refractivity contribution is 0.296. The van der Waals surface area contributed by atoms with Gasteiger partial charge in [0.2, 0.25) is 0 Å². The molecule has 1 aromatic carbocycles. The Labute approximate surface area is 193 Å². The number of anilines is 1. The van der Waals surface area contributed by atoms with Gasteiger partial charge in [0, 0.05) is 25.0 Å². The van der Waals surface area contributed by atoms with Crippen molar-refractivity contribution < 1.29 is 9.26 Å². The third kappa shape index (κ3) is 4.84. The van der Waals surface area contributed by atoms with E-state index in [4.69, 9.17) is 20.9 Å². The molecule has 8 heteroatoms. The maximum Gasteiger partial charge on any atom is 0.175 e. The highest BCUT2D eigenvalue weighted by atomic mass is 35.5. The largest absolute Gasteiger partial charge is 0.493 e. The van der Waals surface area contributed by atoms with Crippen LogP contribution >= 0.6 is 11.6 Å². The lowest BCUT2D eigenvalue weighted by atomic mass is 9.91. The molecule has 2 aromatic heterocycles. The molecule has 2 fully saturated rings. The van der Waals surface area contributed by atoms with Gasteiger partial charge in [-0.2, -0.15) is 0 Å². The van der Waals surface area contributed by atoms with Gasteiger partial charge in [0.15, 0.2) is 16.6 Å². The lowest BCUT2D eigenvalue weighted by Gasteiger charge is -2.32. The Balaban J connectivity index is 1.21. The summed E-state index contributed by atoms with van der Waals surface area (Å²) in [6.07, 6.45) is 6.89. The first-order valence-electron chi connectivity index (χ1n) is 11.6. The number of fused-ring (bicyclic) bond motifs is 1. The molecule has 170 valence electrons. The predicted octanol–water partition coefficient (Wildman–Crippen LogP) is 4.63. The van der Waals surface area contributed by atoms with Crippen LogP contribution < -0.4 is 15.0 Å². The summed E-state index contributed by atoms with van der Waals surface area (Å²) in [5.41, 5.74) is 2.98. The van der Waals surface area contributed by atoms with Crippen molar-refractivity contribution in [3.05, 3.63) is 40.7 Å². The van der Waals surface area contributed by atoms with Gasteiger partial charge in [0.05, 0.1) is 17.9 Å². The normalized spacial score (nSPS) is 17.2. The van der Waals surface area contributed by atoms with E-state index >= 15 is 0 Å². The highest BCUT2D eigenvalue weighted by Gasteiger charge is 2.24. The van der Waals surface area contributed by atoms with Crippen molar-refractivity contribution in [2.75, 3.05) is 31.6 Å². The third-order valence-electron chi connectivity index (χ3n) is 6.65. The molecule has 0 spiro atoms. The molecule has 0 amide bonds. The number of nitrogens with one attached hydrogen (secondary N) is 1. The molecule has 7 nitrogen and oxygen atoms in total. The molecule has 1 aliphatic heterocycles. The lowest BCUT2D eigenvalue weighted by Crippen LogP contribution is -2.34. The summed E-state index contributed by atoms with van der Waals surface area (Å²) in [5.74, 6) is 3.22. The number of hydrogen-bond donors (Lipinski definition) is 1. The highest BCUT2D eigenvalue weighted by Crippen LogP contribution is 2.34. The zero-order valence-corrected chi connectivity index (χ0v) is 19.3. The summed E-state index contributed by atoms with van der Waals surface area (Å²) in [6, 6.07) is 7.95. The highest BCUT2D eigenvalue weighted by molar-refractivity contribution is 6.29. The number of benzene rings is 1. The van der Waals surface area contributed by atoms with Crippen molar-refractivity contribution in [2.45, 2.75) is 45.1 Å². The Morgan fingerprint density at radius 2 is 1.94 bits per heavy atom.